The summed E-state index contributed by atoms with van der Waals surface area (Å²) in [5.74, 6) is -7.93. The number of amides is 5. The predicted molar refractivity (Wildman–Crippen MR) is 199 cm³/mol. The van der Waals surface area contributed by atoms with Crippen molar-refractivity contribution in [1.82, 2.24) is 61.6 Å². The molecule has 3 heterocycles. The van der Waals surface area contributed by atoms with E-state index < -0.39 is 102 Å². The van der Waals surface area contributed by atoms with Crippen LogP contribution in [0.25, 0.3) is 34.2 Å². The third-order valence-corrected chi connectivity index (χ3v) is 8.26. The second-order valence-corrected chi connectivity index (χ2v) is 12.7. The first-order valence-corrected chi connectivity index (χ1v) is 17.8. The molecule has 7 N–H and O–H groups in total. The number of carboxylic acid groups (broad SMARTS) is 2. The fraction of sp³-hybridized carbons (Fsp3) is 0.222. The summed E-state index contributed by atoms with van der Waals surface area (Å²) < 4.78 is 86.8. The highest BCUT2D eigenvalue weighted by Gasteiger charge is 2.37. The number of pyridine rings is 1. The monoisotopic (exact) mass is 888 g/mol. The maximum absolute atomic E-state index is 14.2. The van der Waals surface area contributed by atoms with Gasteiger partial charge in [-0.15, -0.1) is 10.2 Å². The summed E-state index contributed by atoms with van der Waals surface area (Å²) in [5, 5.41) is 43.4. The minimum Gasteiger partial charge on any atom is -0.480 e. The molecule has 0 aliphatic carbocycles. The predicted octanol–water partition coefficient (Wildman–Crippen LogP) is 1.23. The van der Waals surface area contributed by atoms with E-state index in [1.807, 2.05) is 21.3 Å². The number of nitrogens with zero attached hydrogens (tertiary/aromatic N) is 7. The molecule has 0 unspecified atom stereocenters. The first-order chi connectivity index (χ1) is 29.6. The van der Waals surface area contributed by atoms with E-state index in [0.29, 0.717) is 12.1 Å². The van der Waals surface area contributed by atoms with Crippen molar-refractivity contribution in [1.29, 1.82) is 0 Å². The van der Waals surface area contributed by atoms with Gasteiger partial charge in [0.25, 0.3) is 17.7 Å². The maximum atomic E-state index is 14.2. The molecule has 0 aliphatic heterocycles. The van der Waals surface area contributed by atoms with Crippen molar-refractivity contribution in [3.63, 3.8) is 0 Å². The van der Waals surface area contributed by atoms with Crippen LogP contribution in [-0.2, 0) is 31.5 Å². The van der Waals surface area contributed by atoms with Crippen LogP contribution in [0.4, 0.5) is 26.3 Å². The molecule has 63 heavy (non-hydrogen) atoms. The second kappa shape index (κ2) is 19.0. The molecular formula is C36H30F6N12O9. The summed E-state index contributed by atoms with van der Waals surface area (Å²) in [6.07, 6.45) is -7.90. The second-order valence-electron chi connectivity index (χ2n) is 12.7. The number of halogens is 6. The van der Waals surface area contributed by atoms with E-state index in [9.17, 15) is 59.9 Å². The van der Waals surface area contributed by atoms with Gasteiger partial charge >= 0.3 is 24.3 Å². The van der Waals surface area contributed by atoms with E-state index in [1.165, 1.54) is 12.1 Å². The first-order valence-electron chi connectivity index (χ1n) is 17.8. The molecule has 3 aromatic heterocycles. The lowest BCUT2D eigenvalue weighted by Gasteiger charge is -2.14. The van der Waals surface area contributed by atoms with E-state index in [2.05, 4.69) is 30.9 Å². The number of rotatable bonds is 16. The number of aliphatic carboxylic acids is 2. The molecule has 0 bridgehead atoms. The first kappa shape index (κ1) is 45.8. The Hall–Kier alpha value is -8.26. The Labute approximate surface area is 347 Å². The van der Waals surface area contributed by atoms with E-state index in [0.717, 1.165) is 46.0 Å². The average Bonchev–Trinajstić information content (AvgIpc) is 3.94. The average molecular weight is 889 g/mol. The minimum atomic E-state index is -5.09. The summed E-state index contributed by atoms with van der Waals surface area (Å²) in [6.45, 7) is -1.41. The van der Waals surface area contributed by atoms with Crippen molar-refractivity contribution >= 4 is 41.5 Å². The number of carboxylic acids is 2. The number of alkyl halides is 6. The van der Waals surface area contributed by atoms with E-state index in [1.54, 1.807) is 6.92 Å². The van der Waals surface area contributed by atoms with Crippen molar-refractivity contribution in [3.05, 3.63) is 88.7 Å². The number of aromatic nitrogens is 7. The molecule has 0 spiro atoms. The van der Waals surface area contributed by atoms with Crippen LogP contribution in [0, 0.1) is 0 Å². The zero-order chi connectivity index (χ0) is 46.2. The van der Waals surface area contributed by atoms with Crippen LogP contribution < -0.4 is 26.6 Å². The Bertz CT molecular complexity index is 2450. The van der Waals surface area contributed by atoms with Gasteiger partial charge in [0.15, 0.2) is 0 Å². The molecule has 330 valence electrons. The third kappa shape index (κ3) is 11.7. The van der Waals surface area contributed by atoms with E-state index in [4.69, 9.17) is 10.2 Å². The number of carbonyl (C=O) groups is 7. The van der Waals surface area contributed by atoms with Gasteiger partial charge in [0.05, 0.1) is 70.5 Å². The smallest absolute Gasteiger partial charge is 0.417 e. The standard InChI is InChI=1S/C36H30F6N12O9/c1-2-43-32(61)17-7-24(26-15-53(51-49-26)18-3-5-20(22(9-18)35(37,38)39)33(62)46-11-28(55)44-13-30(57)58)48-25(8-17)27-16-54(52-50-27)19-4-6-21(23(10-19)36(40,41)42)34(63)47-12-29(56)45-14-31(59)60/h3-10,15-16H,2,11-14H2,1H3,(H,43,61)(H,44,55)(H,45,56)(H,46,62)(H,47,63)(H,57,58)(H,59,60). The third-order valence-electron chi connectivity index (χ3n) is 8.26. The molecule has 0 saturated heterocycles. The van der Waals surface area contributed by atoms with E-state index in [-0.39, 0.29) is 46.3 Å². The van der Waals surface area contributed by atoms with Gasteiger partial charge in [-0.1, -0.05) is 10.4 Å². The van der Waals surface area contributed by atoms with Crippen molar-refractivity contribution in [2.75, 3.05) is 32.7 Å². The normalized spacial score (nSPS) is 11.3. The lowest BCUT2D eigenvalue weighted by atomic mass is 10.0. The number of carbonyl (C=O) groups excluding carboxylic acids is 5. The lowest BCUT2D eigenvalue weighted by molar-refractivity contribution is -0.138. The summed E-state index contributed by atoms with van der Waals surface area (Å²) in [7, 11) is 0. The minimum absolute atomic E-state index is 0.0290. The Morgan fingerprint density at radius 1 is 0.556 bits per heavy atom. The van der Waals surface area contributed by atoms with Crippen LogP contribution >= 0.6 is 0 Å². The van der Waals surface area contributed by atoms with Crippen LogP contribution in [0.1, 0.15) is 49.1 Å². The van der Waals surface area contributed by atoms with Gasteiger partial charge < -0.3 is 36.8 Å². The fourth-order valence-electron chi connectivity index (χ4n) is 5.40. The zero-order valence-corrected chi connectivity index (χ0v) is 32.0. The van der Waals surface area contributed by atoms with Crippen molar-refractivity contribution in [2.24, 2.45) is 0 Å². The fourth-order valence-corrected chi connectivity index (χ4v) is 5.40. The summed E-state index contributed by atoms with van der Waals surface area (Å²) >= 11 is 0. The topological polar surface area (TPSA) is 294 Å². The highest BCUT2D eigenvalue weighted by molar-refractivity contribution is 5.99. The van der Waals surface area contributed by atoms with Gasteiger partial charge in [-0.05, 0) is 55.5 Å². The number of hydrogen-bond donors (Lipinski definition) is 7. The summed E-state index contributed by atoms with van der Waals surface area (Å²) in [6, 6.07) is 7.48. The molecule has 27 heteroatoms. The number of nitrogens with one attached hydrogen (secondary N) is 5. The van der Waals surface area contributed by atoms with Gasteiger partial charge in [-0.2, -0.15) is 26.3 Å². The van der Waals surface area contributed by atoms with Crippen molar-refractivity contribution < 1.29 is 70.1 Å². The summed E-state index contributed by atoms with van der Waals surface area (Å²) in [4.78, 5) is 87.5. The number of benzene rings is 2. The Kier molecular flexibility index (Phi) is 13.8. The maximum Gasteiger partial charge on any atom is 0.417 e. The molecule has 2 aromatic carbocycles. The van der Waals surface area contributed by atoms with Crippen LogP contribution in [-0.4, -0.2) is 119 Å². The van der Waals surface area contributed by atoms with Gasteiger partial charge in [0.2, 0.25) is 11.8 Å². The molecule has 5 rings (SSSR count). The lowest BCUT2D eigenvalue weighted by Crippen LogP contribution is -2.39. The van der Waals surface area contributed by atoms with Crippen LogP contribution in [0.15, 0.2) is 60.9 Å². The van der Waals surface area contributed by atoms with Crippen LogP contribution in [0.3, 0.4) is 0 Å². The van der Waals surface area contributed by atoms with Gasteiger partial charge in [0.1, 0.15) is 24.5 Å². The molecule has 0 fully saturated rings. The SMILES string of the molecule is CCNC(=O)c1cc(-c2cn(-c3ccc(C(=O)NCC(=O)NCC(=O)O)c(C(F)(F)F)c3)nn2)nc(-c2cn(-c3ccc(C(=O)NCC(=O)NCC(=O)O)c(C(F)(F)F)c3)nn2)c1. The zero-order valence-electron chi connectivity index (χ0n) is 32.0. The molecule has 5 amide bonds. The molecule has 0 saturated carbocycles. The molecule has 5 aromatic rings. The quantitative estimate of drug-likeness (QED) is 0.0686. The van der Waals surface area contributed by atoms with Gasteiger partial charge in [-0.3, -0.25) is 33.6 Å². The Morgan fingerprint density at radius 2 is 0.968 bits per heavy atom. The molecule has 0 radical (unpaired) electrons. The molecule has 0 aliphatic rings. The summed E-state index contributed by atoms with van der Waals surface area (Å²) in [5.41, 5.74) is -5.48. The highest BCUT2D eigenvalue weighted by atomic mass is 19.4. The molecular weight excluding hydrogens is 858 g/mol. The largest absolute Gasteiger partial charge is 0.480 e. The Balaban J connectivity index is 1.44. The van der Waals surface area contributed by atoms with Crippen molar-refractivity contribution in [2.45, 2.75) is 19.3 Å². The van der Waals surface area contributed by atoms with Crippen molar-refractivity contribution in [3.8, 4) is 34.2 Å². The van der Waals surface area contributed by atoms with E-state index >= 15 is 0 Å². The van der Waals surface area contributed by atoms with Crippen LogP contribution in [0.5, 0.6) is 0 Å². The Morgan fingerprint density at radius 3 is 1.33 bits per heavy atom. The van der Waals surface area contributed by atoms with Gasteiger partial charge in [-0.25, -0.2) is 14.3 Å². The van der Waals surface area contributed by atoms with Crippen LogP contribution in [0.2, 0.25) is 0 Å². The highest BCUT2D eigenvalue weighted by Crippen LogP contribution is 2.35. The van der Waals surface area contributed by atoms with Gasteiger partial charge in [0, 0.05) is 12.1 Å². The molecule has 0 atom stereocenters. The molecule has 21 nitrogen and oxygen atoms in total. The number of hydrogen-bond acceptors (Lipinski definition) is 12.